The summed E-state index contributed by atoms with van der Waals surface area (Å²) in [4.78, 5) is 16.2. The zero-order valence-electron chi connectivity index (χ0n) is 11.0. The average Bonchev–Trinajstić information content (AvgIpc) is 3.02. The van der Waals surface area contributed by atoms with Gasteiger partial charge in [-0.1, -0.05) is 6.07 Å². The van der Waals surface area contributed by atoms with Gasteiger partial charge < -0.3 is 9.88 Å². The van der Waals surface area contributed by atoms with Crippen molar-refractivity contribution in [3.8, 4) is 5.69 Å². The van der Waals surface area contributed by atoms with E-state index in [0.29, 0.717) is 10.2 Å². The molecule has 0 saturated carbocycles. The molecule has 0 saturated heterocycles. The molecule has 104 valence electrons. The summed E-state index contributed by atoms with van der Waals surface area (Å²) in [5, 5.41) is 2.87. The fourth-order valence-electron chi connectivity index (χ4n) is 1.96. The number of amides is 1. The van der Waals surface area contributed by atoms with Gasteiger partial charge in [0.25, 0.3) is 5.91 Å². The molecule has 21 heavy (non-hydrogen) atoms. The van der Waals surface area contributed by atoms with Crippen LogP contribution in [0.25, 0.3) is 5.69 Å². The number of pyridine rings is 1. The molecule has 3 aromatic rings. The predicted molar refractivity (Wildman–Crippen MR) is 85.7 cm³/mol. The monoisotopic (exact) mass is 341 g/mol. The molecule has 0 fully saturated rings. The third kappa shape index (κ3) is 3.20. The minimum Gasteiger partial charge on any atom is -0.324 e. The second-order valence-electron chi connectivity index (χ2n) is 4.46. The number of halogens is 1. The van der Waals surface area contributed by atoms with Crippen LogP contribution in [0.1, 0.15) is 10.4 Å². The molecule has 0 aliphatic carbocycles. The van der Waals surface area contributed by atoms with Crippen LogP contribution in [0.4, 0.5) is 5.69 Å². The number of nitrogens with one attached hydrogen (secondary N) is 1. The molecule has 2 heterocycles. The number of nitrogens with zero attached hydrogens (tertiary/aromatic N) is 2. The Hall–Kier alpha value is -2.40. The van der Waals surface area contributed by atoms with Crippen molar-refractivity contribution in [1.82, 2.24) is 9.55 Å². The van der Waals surface area contributed by atoms with Gasteiger partial charge in [0.15, 0.2) is 0 Å². The van der Waals surface area contributed by atoms with E-state index in [9.17, 15) is 4.79 Å². The quantitative estimate of drug-likeness (QED) is 0.734. The molecule has 0 aliphatic heterocycles. The van der Waals surface area contributed by atoms with E-state index in [4.69, 9.17) is 0 Å². The average molecular weight is 342 g/mol. The van der Waals surface area contributed by atoms with Crippen molar-refractivity contribution in [2.45, 2.75) is 0 Å². The standard InChI is InChI=1S/C16H12BrN3O/c17-15-7-6-12(11-18-15)16(21)19-13-4-3-5-14(10-13)20-8-1-2-9-20/h1-11H,(H,19,21). The molecule has 1 aromatic carbocycles. The van der Waals surface area contributed by atoms with Gasteiger partial charge in [0, 0.05) is 30.0 Å². The second-order valence-corrected chi connectivity index (χ2v) is 5.28. The summed E-state index contributed by atoms with van der Waals surface area (Å²) in [7, 11) is 0. The number of carbonyl (C=O) groups is 1. The highest BCUT2D eigenvalue weighted by molar-refractivity contribution is 9.10. The summed E-state index contributed by atoms with van der Waals surface area (Å²) in [5.74, 6) is -0.181. The smallest absolute Gasteiger partial charge is 0.257 e. The highest BCUT2D eigenvalue weighted by atomic mass is 79.9. The molecule has 1 amide bonds. The maximum absolute atomic E-state index is 12.1. The highest BCUT2D eigenvalue weighted by Gasteiger charge is 2.07. The maximum atomic E-state index is 12.1. The highest BCUT2D eigenvalue weighted by Crippen LogP contribution is 2.16. The molecular formula is C16H12BrN3O. The summed E-state index contributed by atoms with van der Waals surface area (Å²) < 4.78 is 2.69. The molecule has 0 radical (unpaired) electrons. The van der Waals surface area contributed by atoms with E-state index < -0.39 is 0 Å². The lowest BCUT2D eigenvalue weighted by Gasteiger charge is -2.08. The van der Waals surface area contributed by atoms with Gasteiger partial charge >= 0.3 is 0 Å². The Labute approximate surface area is 130 Å². The van der Waals surface area contributed by atoms with Crippen LogP contribution in [-0.2, 0) is 0 Å². The van der Waals surface area contributed by atoms with Gasteiger partial charge in [-0.05, 0) is 58.4 Å². The Balaban J connectivity index is 1.80. The van der Waals surface area contributed by atoms with Crippen LogP contribution in [0.2, 0.25) is 0 Å². The number of aromatic nitrogens is 2. The molecule has 0 unspecified atom stereocenters. The summed E-state index contributed by atoms with van der Waals surface area (Å²) >= 11 is 3.25. The molecule has 0 aliphatic rings. The van der Waals surface area contributed by atoms with Crippen molar-refractivity contribution in [1.29, 1.82) is 0 Å². The van der Waals surface area contributed by atoms with Crippen molar-refractivity contribution in [3.05, 3.63) is 77.3 Å². The zero-order chi connectivity index (χ0) is 14.7. The second kappa shape index (κ2) is 5.93. The lowest BCUT2D eigenvalue weighted by molar-refractivity contribution is 0.102. The fourth-order valence-corrected chi connectivity index (χ4v) is 2.20. The van der Waals surface area contributed by atoms with E-state index in [1.807, 2.05) is 53.4 Å². The molecule has 0 spiro atoms. The molecular weight excluding hydrogens is 330 g/mol. The topological polar surface area (TPSA) is 46.9 Å². The van der Waals surface area contributed by atoms with Gasteiger partial charge in [-0.25, -0.2) is 4.98 Å². The molecule has 3 rings (SSSR count). The van der Waals surface area contributed by atoms with Crippen LogP contribution in [0.5, 0.6) is 0 Å². The Morgan fingerprint density at radius 3 is 2.62 bits per heavy atom. The number of carbonyl (C=O) groups excluding carboxylic acids is 1. The van der Waals surface area contributed by atoms with E-state index in [1.54, 1.807) is 12.1 Å². The largest absolute Gasteiger partial charge is 0.324 e. The maximum Gasteiger partial charge on any atom is 0.257 e. The van der Waals surface area contributed by atoms with Crippen LogP contribution in [0.15, 0.2) is 71.7 Å². The van der Waals surface area contributed by atoms with Gasteiger partial charge in [0.05, 0.1) is 5.56 Å². The molecule has 0 bridgehead atoms. The fraction of sp³-hybridized carbons (Fsp3) is 0. The summed E-state index contributed by atoms with van der Waals surface area (Å²) in [5.41, 5.74) is 2.26. The molecule has 1 N–H and O–H groups in total. The predicted octanol–water partition coefficient (Wildman–Crippen LogP) is 3.89. The first kappa shape index (κ1) is 13.6. The number of hydrogen-bond donors (Lipinski definition) is 1. The van der Waals surface area contributed by atoms with Crippen LogP contribution >= 0.6 is 15.9 Å². The zero-order valence-corrected chi connectivity index (χ0v) is 12.6. The third-order valence-corrected chi connectivity index (χ3v) is 3.47. The van der Waals surface area contributed by atoms with Gasteiger partial charge in [0.1, 0.15) is 4.60 Å². The molecule has 2 aromatic heterocycles. The minimum absolute atomic E-state index is 0.181. The van der Waals surface area contributed by atoms with Crippen molar-refractivity contribution < 1.29 is 4.79 Å². The van der Waals surface area contributed by atoms with Gasteiger partial charge in [-0.15, -0.1) is 0 Å². The van der Waals surface area contributed by atoms with Crippen LogP contribution in [0, 0.1) is 0 Å². The van der Waals surface area contributed by atoms with Gasteiger partial charge in [-0.2, -0.15) is 0 Å². The molecule has 4 nitrogen and oxygen atoms in total. The van der Waals surface area contributed by atoms with Crippen LogP contribution in [-0.4, -0.2) is 15.5 Å². The van der Waals surface area contributed by atoms with Gasteiger partial charge in [0.2, 0.25) is 0 Å². The summed E-state index contributed by atoms with van der Waals surface area (Å²) in [6.45, 7) is 0. The SMILES string of the molecule is O=C(Nc1cccc(-n2cccc2)c1)c1ccc(Br)nc1. The Kier molecular flexibility index (Phi) is 3.83. The van der Waals surface area contributed by atoms with Crippen molar-refractivity contribution in [3.63, 3.8) is 0 Å². The van der Waals surface area contributed by atoms with Crippen molar-refractivity contribution in [2.75, 3.05) is 5.32 Å². The Morgan fingerprint density at radius 2 is 1.90 bits per heavy atom. The first-order valence-electron chi connectivity index (χ1n) is 6.39. The van der Waals surface area contributed by atoms with E-state index in [0.717, 1.165) is 11.4 Å². The lowest BCUT2D eigenvalue weighted by atomic mass is 10.2. The van der Waals surface area contributed by atoms with E-state index in [-0.39, 0.29) is 5.91 Å². The van der Waals surface area contributed by atoms with E-state index in [2.05, 4.69) is 26.2 Å². The van der Waals surface area contributed by atoms with E-state index in [1.165, 1.54) is 6.20 Å². The Bertz CT molecular complexity index is 751. The minimum atomic E-state index is -0.181. The lowest BCUT2D eigenvalue weighted by Crippen LogP contribution is -2.12. The third-order valence-electron chi connectivity index (χ3n) is 3.00. The molecule has 0 atom stereocenters. The Morgan fingerprint density at radius 1 is 1.10 bits per heavy atom. The normalized spacial score (nSPS) is 10.3. The van der Waals surface area contributed by atoms with Crippen LogP contribution < -0.4 is 5.32 Å². The van der Waals surface area contributed by atoms with Gasteiger partial charge in [-0.3, -0.25) is 4.79 Å². The van der Waals surface area contributed by atoms with Crippen molar-refractivity contribution >= 4 is 27.5 Å². The first-order chi connectivity index (χ1) is 10.2. The number of rotatable bonds is 3. The number of benzene rings is 1. The molecule has 5 heteroatoms. The van der Waals surface area contributed by atoms with Crippen molar-refractivity contribution in [2.24, 2.45) is 0 Å². The first-order valence-corrected chi connectivity index (χ1v) is 7.18. The number of hydrogen-bond acceptors (Lipinski definition) is 2. The summed E-state index contributed by atoms with van der Waals surface area (Å²) in [6.07, 6.45) is 5.45. The number of anilines is 1. The van der Waals surface area contributed by atoms with Crippen LogP contribution in [0.3, 0.4) is 0 Å². The van der Waals surface area contributed by atoms with E-state index >= 15 is 0 Å². The summed E-state index contributed by atoms with van der Waals surface area (Å²) in [6, 6.07) is 15.0.